The van der Waals surface area contributed by atoms with E-state index >= 15 is 0 Å². The number of hydrogen-bond donors (Lipinski definition) is 2. The van der Waals surface area contributed by atoms with Crippen molar-refractivity contribution in [3.05, 3.63) is 58.1 Å². The third-order valence-corrected chi connectivity index (χ3v) is 5.77. The zero-order chi connectivity index (χ0) is 24.7. The number of benzene rings is 1. The van der Waals surface area contributed by atoms with Crippen molar-refractivity contribution in [2.24, 2.45) is 0 Å². The lowest BCUT2D eigenvalue weighted by Gasteiger charge is -2.32. The number of nitrogens with zero attached hydrogens (tertiary/aromatic N) is 1. The summed E-state index contributed by atoms with van der Waals surface area (Å²) in [6.07, 6.45) is -3.60. The predicted molar refractivity (Wildman–Crippen MR) is 113 cm³/mol. The third-order valence-electron chi connectivity index (χ3n) is 5.47. The van der Waals surface area contributed by atoms with Gasteiger partial charge in [0.2, 0.25) is 0 Å². The van der Waals surface area contributed by atoms with E-state index in [1.807, 2.05) is 0 Å². The van der Waals surface area contributed by atoms with E-state index in [1.165, 1.54) is 31.2 Å². The Balaban J connectivity index is 1.62. The second-order valence-electron chi connectivity index (χ2n) is 7.86. The van der Waals surface area contributed by atoms with Crippen LogP contribution in [0.1, 0.15) is 33.8 Å². The molecule has 2 N–H and O–H groups in total. The molecule has 3 aromatic rings. The topological polar surface area (TPSA) is 76.4 Å². The number of aryl methyl sites for hydroxylation is 1. The van der Waals surface area contributed by atoms with E-state index in [4.69, 9.17) is 20.8 Å². The molecular weight excluding hydrogens is 485 g/mol. The van der Waals surface area contributed by atoms with Crippen LogP contribution in [-0.4, -0.2) is 35.9 Å². The molecule has 1 amide bonds. The molecule has 2 aromatic heterocycles. The first kappa shape index (κ1) is 24.2. The summed E-state index contributed by atoms with van der Waals surface area (Å²) in [4.78, 5) is 16.3. The van der Waals surface area contributed by atoms with Crippen molar-refractivity contribution in [1.82, 2.24) is 15.6 Å². The molecule has 0 bridgehead atoms. The number of fused-ring (bicyclic) bond motifs is 1. The number of hydrogen-bond acceptors (Lipinski definition) is 5. The lowest BCUT2D eigenvalue weighted by atomic mass is 10.0. The monoisotopic (exact) mass is 503 g/mol. The molecule has 3 heterocycles. The summed E-state index contributed by atoms with van der Waals surface area (Å²) in [5.74, 6) is -3.72. The molecule has 1 atom stereocenters. The van der Waals surface area contributed by atoms with Crippen molar-refractivity contribution < 1.29 is 35.9 Å². The average molecular weight is 504 g/mol. The average Bonchev–Trinajstić information content (AvgIpc) is 3.07. The highest BCUT2D eigenvalue weighted by Crippen LogP contribution is 2.36. The number of alkyl halides is 5. The van der Waals surface area contributed by atoms with Gasteiger partial charge in [0, 0.05) is 23.2 Å². The lowest BCUT2D eigenvalue weighted by molar-refractivity contribution is -0.142. The maximum atomic E-state index is 14.2. The number of aromatic nitrogens is 1. The highest BCUT2D eigenvalue weighted by molar-refractivity contribution is 6.33. The Hall–Kier alpha value is -2.92. The van der Waals surface area contributed by atoms with Gasteiger partial charge in [0.1, 0.15) is 23.7 Å². The van der Waals surface area contributed by atoms with Gasteiger partial charge in [-0.3, -0.25) is 9.78 Å². The van der Waals surface area contributed by atoms with Crippen molar-refractivity contribution in [2.75, 3.05) is 13.1 Å². The Morgan fingerprint density at radius 2 is 2.15 bits per heavy atom. The molecular formula is C22H19ClF5N3O3. The number of rotatable bonds is 5. The van der Waals surface area contributed by atoms with Crippen LogP contribution in [0.4, 0.5) is 22.0 Å². The summed E-state index contributed by atoms with van der Waals surface area (Å²) in [7, 11) is 0. The molecule has 12 heteroatoms. The number of nitrogens with one attached hydrogen (secondary N) is 2. The molecule has 6 nitrogen and oxygen atoms in total. The Morgan fingerprint density at radius 1 is 1.38 bits per heavy atom. The minimum atomic E-state index is -4.67. The molecule has 1 aromatic carbocycles. The van der Waals surface area contributed by atoms with Crippen molar-refractivity contribution in [1.29, 1.82) is 0 Å². The van der Waals surface area contributed by atoms with Crippen LogP contribution in [0.3, 0.4) is 0 Å². The third kappa shape index (κ3) is 4.80. The predicted octanol–water partition coefficient (Wildman–Crippen LogP) is 5.11. The van der Waals surface area contributed by atoms with Crippen LogP contribution in [0.15, 0.2) is 34.9 Å². The summed E-state index contributed by atoms with van der Waals surface area (Å²) < 4.78 is 79.0. The summed E-state index contributed by atoms with van der Waals surface area (Å²) >= 11 is 6.20. The van der Waals surface area contributed by atoms with Gasteiger partial charge in [-0.2, -0.15) is 13.2 Å². The van der Waals surface area contributed by atoms with Gasteiger partial charge in [-0.15, -0.1) is 0 Å². The quantitative estimate of drug-likeness (QED) is 0.473. The van der Waals surface area contributed by atoms with Crippen LogP contribution >= 0.6 is 11.6 Å². The SMILES string of the molecule is Cc1oc2cc(Cl)c(OCc3cccnc3C(F)(F)F)cc2c1C(=O)NC1CCNCC1(F)F. The van der Waals surface area contributed by atoms with E-state index in [0.29, 0.717) is 6.54 Å². The van der Waals surface area contributed by atoms with E-state index < -0.39 is 42.9 Å². The maximum Gasteiger partial charge on any atom is 0.433 e. The number of carbonyl (C=O) groups excluding carboxylic acids is 1. The van der Waals surface area contributed by atoms with Gasteiger partial charge in [0.25, 0.3) is 11.8 Å². The molecule has 0 saturated carbocycles. The zero-order valence-corrected chi connectivity index (χ0v) is 18.5. The van der Waals surface area contributed by atoms with Crippen LogP contribution in [0.5, 0.6) is 5.75 Å². The van der Waals surface area contributed by atoms with Crippen LogP contribution < -0.4 is 15.4 Å². The first-order valence-corrected chi connectivity index (χ1v) is 10.6. The molecule has 1 saturated heterocycles. The molecule has 1 aliphatic rings. The normalized spacial score (nSPS) is 18.1. The standard InChI is InChI=1S/C22H19ClF5N3O3/c1-11-18(20(32)31-17-4-6-29-10-21(17,24)25)13-7-16(14(23)8-15(13)34-11)33-9-12-3-2-5-30-19(12)22(26,27)28/h2-3,5,7-8,17,29H,4,6,9-10H2,1H3,(H,31,32). The van der Waals surface area contributed by atoms with Gasteiger partial charge in [-0.25, -0.2) is 8.78 Å². The van der Waals surface area contributed by atoms with Gasteiger partial charge in [0.05, 0.1) is 23.2 Å². The fourth-order valence-electron chi connectivity index (χ4n) is 3.82. The molecule has 4 rings (SSSR count). The molecule has 182 valence electrons. The molecule has 1 unspecified atom stereocenters. The van der Waals surface area contributed by atoms with E-state index in [9.17, 15) is 26.7 Å². The Labute approximate surface area is 195 Å². The first-order chi connectivity index (χ1) is 16.0. The van der Waals surface area contributed by atoms with E-state index in [-0.39, 0.29) is 45.0 Å². The van der Waals surface area contributed by atoms with Crippen molar-refractivity contribution >= 4 is 28.5 Å². The number of piperidine rings is 1. The van der Waals surface area contributed by atoms with Gasteiger partial charge in [-0.05, 0) is 32.0 Å². The Morgan fingerprint density at radius 3 is 2.85 bits per heavy atom. The van der Waals surface area contributed by atoms with Gasteiger partial charge >= 0.3 is 6.18 Å². The van der Waals surface area contributed by atoms with Crippen molar-refractivity contribution in [3.63, 3.8) is 0 Å². The number of carbonyl (C=O) groups is 1. The van der Waals surface area contributed by atoms with E-state index in [2.05, 4.69) is 15.6 Å². The van der Waals surface area contributed by atoms with Gasteiger partial charge < -0.3 is 19.8 Å². The lowest BCUT2D eigenvalue weighted by Crippen LogP contribution is -2.57. The van der Waals surface area contributed by atoms with Crippen molar-refractivity contribution in [3.8, 4) is 5.75 Å². The number of ether oxygens (including phenoxy) is 1. The fraction of sp³-hybridized carbons (Fsp3) is 0.364. The molecule has 1 aliphatic heterocycles. The smallest absolute Gasteiger partial charge is 0.433 e. The highest BCUT2D eigenvalue weighted by atomic mass is 35.5. The van der Waals surface area contributed by atoms with Crippen LogP contribution in [-0.2, 0) is 12.8 Å². The summed E-state index contributed by atoms with van der Waals surface area (Å²) in [5.41, 5.74) is -1.08. The zero-order valence-electron chi connectivity index (χ0n) is 17.7. The summed E-state index contributed by atoms with van der Waals surface area (Å²) in [6.45, 7) is 0.779. The minimum absolute atomic E-state index is 0.00631. The van der Waals surface area contributed by atoms with Crippen LogP contribution in [0, 0.1) is 6.92 Å². The fourth-order valence-corrected chi connectivity index (χ4v) is 4.03. The molecule has 34 heavy (non-hydrogen) atoms. The number of amides is 1. The Kier molecular flexibility index (Phi) is 6.43. The number of halogens is 6. The summed E-state index contributed by atoms with van der Waals surface area (Å²) in [5, 5.41) is 5.22. The van der Waals surface area contributed by atoms with Gasteiger partial charge in [-0.1, -0.05) is 17.7 Å². The van der Waals surface area contributed by atoms with Crippen LogP contribution in [0.25, 0.3) is 11.0 Å². The number of pyridine rings is 1. The van der Waals surface area contributed by atoms with E-state index in [0.717, 1.165) is 6.20 Å². The van der Waals surface area contributed by atoms with Crippen LogP contribution in [0.2, 0.25) is 5.02 Å². The molecule has 1 fully saturated rings. The largest absolute Gasteiger partial charge is 0.487 e. The molecule has 0 aliphatic carbocycles. The second kappa shape index (κ2) is 9.03. The molecule has 0 spiro atoms. The maximum absolute atomic E-state index is 14.2. The Bertz CT molecular complexity index is 1230. The van der Waals surface area contributed by atoms with Crippen molar-refractivity contribution in [2.45, 2.75) is 38.1 Å². The highest BCUT2D eigenvalue weighted by Gasteiger charge is 2.43. The number of furan rings is 1. The molecule has 0 radical (unpaired) electrons. The van der Waals surface area contributed by atoms with E-state index in [1.54, 1.807) is 0 Å². The van der Waals surface area contributed by atoms with Gasteiger partial charge in [0.15, 0.2) is 5.69 Å². The minimum Gasteiger partial charge on any atom is -0.487 e. The first-order valence-electron chi connectivity index (χ1n) is 10.2. The second-order valence-corrected chi connectivity index (χ2v) is 8.27. The summed E-state index contributed by atoms with van der Waals surface area (Å²) in [6, 6.07) is 3.90.